The molecule has 0 saturated heterocycles. The summed E-state index contributed by atoms with van der Waals surface area (Å²) in [6.45, 7) is 0.614. The molecule has 88 valence electrons. The number of benzene rings is 1. The summed E-state index contributed by atoms with van der Waals surface area (Å²) in [6.07, 6.45) is 4.53. The second kappa shape index (κ2) is 5.80. The van der Waals surface area contributed by atoms with Gasteiger partial charge in [0.2, 0.25) is 0 Å². The van der Waals surface area contributed by atoms with E-state index in [1.807, 2.05) is 30.3 Å². The summed E-state index contributed by atoms with van der Waals surface area (Å²) in [6, 6.07) is 11.9. The number of nitrogens with two attached hydrogens (primary N) is 1. The molecule has 0 amide bonds. The maximum atomic E-state index is 6.00. The van der Waals surface area contributed by atoms with E-state index in [-0.39, 0.29) is 0 Å². The quantitative estimate of drug-likeness (QED) is 0.901. The molecule has 0 aliphatic rings. The van der Waals surface area contributed by atoms with Crippen LogP contribution in [0.5, 0.6) is 0 Å². The van der Waals surface area contributed by atoms with Crippen molar-refractivity contribution in [3.63, 3.8) is 0 Å². The number of halogens is 1. The Hall–Kier alpha value is -1.38. The van der Waals surface area contributed by atoms with Gasteiger partial charge in [-0.15, -0.1) is 0 Å². The van der Waals surface area contributed by atoms with E-state index in [1.165, 1.54) is 11.1 Å². The first-order valence-corrected chi connectivity index (χ1v) is 6.02. The highest BCUT2D eigenvalue weighted by molar-refractivity contribution is 6.30. The minimum atomic E-state index is 0.302. The maximum absolute atomic E-state index is 6.00. The van der Waals surface area contributed by atoms with Crippen molar-refractivity contribution in [1.29, 1.82) is 0 Å². The van der Waals surface area contributed by atoms with Gasteiger partial charge in [-0.2, -0.15) is 0 Å². The zero-order valence-corrected chi connectivity index (χ0v) is 10.3. The first kappa shape index (κ1) is 12.1. The third-order valence-corrected chi connectivity index (χ3v) is 3.07. The van der Waals surface area contributed by atoms with Crippen LogP contribution in [-0.4, -0.2) is 11.5 Å². The predicted octanol–water partition coefficient (Wildman–Crippen LogP) is 3.02. The van der Waals surface area contributed by atoms with Gasteiger partial charge >= 0.3 is 0 Å². The fourth-order valence-electron chi connectivity index (χ4n) is 1.90. The van der Waals surface area contributed by atoms with Gasteiger partial charge in [-0.25, -0.2) is 0 Å². The molecule has 0 spiro atoms. The molecule has 1 aromatic heterocycles. The summed E-state index contributed by atoms with van der Waals surface area (Å²) in [5.41, 5.74) is 8.28. The van der Waals surface area contributed by atoms with Gasteiger partial charge in [0, 0.05) is 23.3 Å². The summed E-state index contributed by atoms with van der Waals surface area (Å²) in [5.74, 6) is 0.302. The lowest BCUT2D eigenvalue weighted by atomic mass is 9.92. The van der Waals surface area contributed by atoms with Crippen LogP contribution in [0.3, 0.4) is 0 Å². The second-order valence-corrected chi connectivity index (χ2v) is 4.48. The predicted molar refractivity (Wildman–Crippen MR) is 71.2 cm³/mol. The molecule has 2 aromatic rings. The van der Waals surface area contributed by atoms with E-state index in [0.717, 1.165) is 11.4 Å². The maximum Gasteiger partial charge on any atom is 0.0408 e. The second-order valence-electron chi connectivity index (χ2n) is 4.05. The molecule has 0 aliphatic heterocycles. The van der Waals surface area contributed by atoms with Gasteiger partial charge in [-0.3, -0.25) is 4.98 Å². The average Bonchev–Trinajstić information content (AvgIpc) is 2.37. The Morgan fingerprint density at radius 3 is 2.59 bits per heavy atom. The molecule has 2 nitrogen and oxygen atoms in total. The first-order chi connectivity index (χ1) is 8.29. The highest BCUT2D eigenvalue weighted by Gasteiger charge is 2.10. The van der Waals surface area contributed by atoms with Gasteiger partial charge in [0.25, 0.3) is 0 Å². The van der Waals surface area contributed by atoms with Gasteiger partial charge in [-0.1, -0.05) is 23.7 Å². The van der Waals surface area contributed by atoms with Crippen molar-refractivity contribution in [2.75, 3.05) is 6.54 Å². The number of nitrogens with zero attached hydrogens (tertiary/aromatic N) is 1. The zero-order valence-electron chi connectivity index (χ0n) is 9.51. The van der Waals surface area contributed by atoms with Crippen LogP contribution < -0.4 is 5.73 Å². The van der Waals surface area contributed by atoms with Crippen LogP contribution in [0.4, 0.5) is 0 Å². The van der Waals surface area contributed by atoms with Crippen LogP contribution in [0.1, 0.15) is 17.0 Å². The minimum Gasteiger partial charge on any atom is -0.330 e. The van der Waals surface area contributed by atoms with Crippen LogP contribution in [0, 0.1) is 0 Å². The SMILES string of the molecule is NCC(Cc1ccncc1)c1cccc(Cl)c1. The number of aromatic nitrogens is 1. The zero-order chi connectivity index (χ0) is 12.1. The van der Waals surface area contributed by atoms with E-state index in [0.29, 0.717) is 12.5 Å². The van der Waals surface area contributed by atoms with E-state index in [9.17, 15) is 0 Å². The Morgan fingerprint density at radius 2 is 1.94 bits per heavy atom. The summed E-state index contributed by atoms with van der Waals surface area (Å²) in [4.78, 5) is 4.01. The van der Waals surface area contributed by atoms with Crippen LogP contribution >= 0.6 is 11.6 Å². The van der Waals surface area contributed by atoms with Crippen molar-refractivity contribution < 1.29 is 0 Å². The number of hydrogen-bond acceptors (Lipinski definition) is 2. The Labute approximate surface area is 106 Å². The monoisotopic (exact) mass is 246 g/mol. The normalized spacial score (nSPS) is 12.4. The van der Waals surface area contributed by atoms with Crippen molar-refractivity contribution in [1.82, 2.24) is 4.98 Å². The standard InChI is InChI=1S/C14H15ClN2/c15-14-3-1-2-12(9-14)13(10-16)8-11-4-6-17-7-5-11/h1-7,9,13H,8,10,16H2. The number of pyridine rings is 1. The molecule has 0 saturated carbocycles. The molecule has 1 heterocycles. The summed E-state index contributed by atoms with van der Waals surface area (Å²) in [7, 11) is 0. The molecule has 0 aliphatic carbocycles. The highest BCUT2D eigenvalue weighted by Crippen LogP contribution is 2.22. The molecular formula is C14H15ClN2. The Kier molecular flexibility index (Phi) is 4.13. The molecule has 17 heavy (non-hydrogen) atoms. The number of hydrogen-bond donors (Lipinski definition) is 1. The van der Waals surface area contributed by atoms with Gasteiger partial charge in [0.15, 0.2) is 0 Å². The van der Waals surface area contributed by atoms with E-state index in [1.54, 1.807) is 12.4 Å². The Morgan fingerprint density at radius 1 is 1.18 bits per heavy atom. The minimum absolute atomic E-state index is 0.302. The third-order valence-electron chi connectivity index (χ3n) is 2.84. The third kappa shape index (κ3) is 3.29. The average molecular weight is 247 g/mol. The molecule has 2 N–H and O–H groups in total. The van der Waals surface area contributed by atoms with Gasteiger partial charge in [0.05, 0.1) is 0 Å². The van der Waals surface area contributed by atoms with Crippen molar-refractivity contribution in [3.8, 4) is 0 Å². The van der Waals surface area contributed by atoms with Crippen LogP contribution in [0.25, 0.3) is 0 Å². The first-order valence-electron chi connectivity index (χ1n) is 5.64. The summed E-state index contributed by atoms with van der Waals surface area (Å²) in [5, 5.41) is 0.760. The molecule has 0 radical (unpaired) electrons. The lowest BCUT2D eigenvalue weighted by Crippen LogP contribution is -2.15. The topological polar surface area (TPSA) is 38.9 Å². The van der Waals surface area contributed by atoms with Gasteiger partial charge < -0.3 is 5.73 Å². The van der Waals surface area contributed by atoms with Crippen molar-refractivity contribution in [3.05, 3.63) is 64.9 Å². The summed E-state index contributed by atoms with van der Waals surface area (Å²) >= 11 is 6.00. The van der Waals surface area contributed by atoms with Gasteiger partial charge in [-0.05, 0) is 48.4 Å². The van der Waals surface area contributed by atoms with Crippen molar-refractivity contribution >= 4 is 11.6 Å². The van der Waals surface area contributed by atoms with Crippen molar-refractivity contribution in [2.45, 2.75) is 12.3 Å². The fraction of sp³-hybridized carbons (Fsp3) is 0.214. The van der Waals surface area contributed by atoms with Crippen molar-refractivity contribution in [2.24, 2.45) is 5.73 Å². The number of rotatable bonds is 4. The van der Waals surface area contributed by atoms with Gasteiger partial charge in [0.1, 0.15) is 0 Å². The van der Waals surface area contributed by atoms with E-state index >= 15 is 0 Å². The molecule has 1 unspecified atom stereocenters. The lowest BCUT2D eigenvalue weighted by Gasteiger charge is -2.15. The van der Waals surface area contributed by atoms with Crippen LogP contribution in [-0.2, 0) is 6.42 Å². The molecule has 0 bridgehead atoms. The molecule has 1 aromatic carbocycles. The largest absolute Gasteiger partial charge is 0.330 e. The van der Waals surface area contributed by atoms with E-state index in [2.05, 4.69) is 11.1 Å². The Bertz CT molecular complexity index is 471. The molecule has 2 rings (SSSR count). The van der Waals surface area contributed by atoms with E-state index < -0.39 is 0 Å². The Balaban J connectivity index is 2.17. The van der Waals surface area contributed by atoms with Crippen LogP contribution in [0.15, 0.2) is 48.8 Å². The molecular weight excluding hydrogens is 232 g/mol. The highest BCUT2D eigenvalue weighted by atomic mass is 35.5. The van der Waals surface area contributed by atoms with Crippen LogP contribution in [0.2, 0.25) is 5.02 Å². The molecule has 1 atom stereocenters. The molecule has 0 fully saturated rings. The van der Waals surface area contributed by atoms with E-state index in [4.69, 9.17) is 17.3 Å². The molecule has 3 heteroatoms. The lowest BCUT2D eigenvalue weighted by molar-refractivity contribution is 0.694. The smallest absolute Gasteiger partial charge is 0.0408 e. The summed E-state index contributed by atoms with van der Waals surface area (Å²) < 4.78 is 0. The fourth-order valence-corrected chi connectivity index (χ4v) is 2.10.